The average molecular weight is 387 g/mol. The number of hydrogen-bond donors (Lipinski definition) is 1. The number of carboxylic acid groups (broad SMARTS) is 1. The number of carboxylic acids is 1. The lowest BCUT2D eigenvalue weighted by molar-refractivity contribution is 0.0696. The largest absolute Gasteiger partial charge is 0.478 e. The zero-order valence-corrected chi connectivity index (χ0v) is 13.3. The minimum atomic E-state index is -1.08. The van der Waals surface area contributed by atoms with Crippen LogP contribution in [0.25, 0.3) is 17.0 Å². The van der Waals surface area contributed by atoms with Gasteiger partial charge in [-0.1, -0.05) is 39.1 Å². The van der Waals surface area contributed by atoms with Gasteiger partial charge in [0.1, 0.15) is 0 Å². The van der Waals surface area contributed by atoms with Crippen LogP contribution in [0.2, 0.25) is 10.0 Å². The number of nitrogens with zero attached hydrogens (tertiary/aromatic N) is 3. The number of aromatic carboxylic acids is 1. The van der Waals surface area contributed by atoms with Crippen molar-refractivity contribution in [3.8, 4) is 11.4 Å². The van der Waals surface area contributed by atoms with Crippen molar-refractivity contribution in [1.29, 1.82) is 0 Å². The monoisotopic (exact) mass is 385 g/mol. The summed E-state index contributed by atoms with van der Waals surface area (Å²) in [7, 11) is 0. The molecule has 106 valence electrons. The van der Waals surface area contributed by atoms with E-state index in [1.807, 2.05) is 0 Å². The molecule has 0 fully saturated rings. The molecule has 2 heterocycles. The molecule has 0 unspecified atom stereocenters. The van der Waals surface area contributed by atoms with Crippen molar-refractivity contribution in [2.24, 2.45) is 0 Å². The third kappa shape index (κ3) is 2.50. The first-order chi connectivity index (χ1) is 9.97. The van der Waals surface area contributed by atoms with Gasteiger partial charge >= 0.3 is 5.97 Å². The van der Waals surface area contributed by atoms with Crippen LogP contribution in [0.5, 0.6) is 0 Å². The molecule has 0 aliphatic heterocycles. The Kier molecular flexibility index (Phi) is 3.61. The van der Waals surface area contributed by atoms with Gasteiger partial charge in [-0.15, -0.1) is 10.2 Å². The summed E-state index contributed by atoms with van der Waals surface area (Å²) in [6, 6.07) is 6.62. The number of benzene rings is 1. The molecule has 0 aliphatic rings. The number of rotatable bonds is 2. The predicted octanol–water partition coefficient (Wildman–Crippen LogP) is 4.16. The van der Waals surface area contributed by atoms with Gasteiger partial charge in [0.15, 0.2) is 11.5 Å². The summed E-state index contributed by atoms with van der Waals surface area (Å²) in [5.41, 5.74) is 1.03. The summed E-state index contributed by atoms with van der Waals surface area (Å²) in [6.45, 7) is 0. The maximum atomic E-state index is 11.1. The van der Waals surface area contributed by atoms with Crippen molar-refractivity contribution in [2.45, 2.75) is 0 Å². The van der Waals surface area contributed by atoms with Crippen molar-refractivity contribution in [3.63, 3.8) is 0 Å². The number of carbonyl (C=O) groups is 1. The predicted molar refractivity (Wildman–Crippen MR) is 83.1 cm³/mol. The van der Waals surface area contributed by atoms with Crippen molar-refractivity contribution >= 4 is 50.7 Å². The SMILES string of the molecule is O=C(O)c1cc(Cl)c2nnc(-c3cc(Br)ccc3Cl)n2c1. The van der Waals surface area contributed by atoms with Crippen LogP contribution in [0.3, 0.4) is 0 Å². The van der Waals surface area contributed by atoms with Crippen LogP contribution in [0.4, 0.5) is 0 Å². The average Bonchev–Trinajstić information content (AvgIpc) is 2.85. The van der Waals surface area contributed by atoms with Gasteiger partial charge in [-0.05, 0) is 24.3 Å². The molecule has 0 saturated heterocycles. The fraction of sp³-hybridized carbons (Fsp3) is 0. The zero-order chi connectivity index (χ0) is 15.1. The molecule has 0 spiro atoms. The highest BCUT2D eigenvalue weighted by Crippen LogP contribution is 2.31. The molecule has 3 rings (SSSR count). The van der Waals surface area contributed by atoms with Crippen LogP contribution in [0.1, 0.15) is 10.4 Å². The standard InChI is InChI=1S/C13H6BrCl2N3O2/c14-7-1-2-9(15)8(4-7)11-17-18-12-10(16)3-6(13(20)21)5-19(11)12/h1-5H,(H,20,21). The molecule has 0 saturated carbocycles. The van der Waals surface area contributed by atoms with E-state index in [1.54, 1.807) is 18.2 Å². The van der Waals surface area contributed by atoms with E-state index in [0.717, 1.165) is 4.47 Å². The molecular formula is C13H6BrCl2N3O2. The minimum Gasteiger partial charge on any atom is -0.478 e. The number of fused-ring (bicyclic) bond motifs is 1. The molecule has 8 heteroatoms. The van der Waals surface area contributed by atoms with E-state index in [4.69, 9.17) is 28.3 Å². The fourth-order valence-electron chi connectivity index (χ4n) is 1.92. The second-order valence-corrected chi connectivity index (χ2v) is 5.95. The van der Waals surface area contributed by atoms with Gasteiger partial charge in [-0.3, -0.25) is 4.40 Å². The maximum Gasteiger partial charge on any atom is 0.337 e. The molecular weight excluding hydrogens is 381 g/mol. The van der Waals surface area contributed by atoms with Crippen molar-refractivity contribution in [3.05, 3.63) is 50.5 Å². The molecule has 2 aromatic heterocycles. The Bertz CT molecular complexity index is 879. The molecule has 0 amide bonds. The number of pyridine rings is 1. The third-order valence-corrected chi connectivity index (χ3v) is 3.98. The Balaban J connectivity index is 2.33. The first-order valence-electron chi connectivity index (χ1n) is 5.70. The Morgan fingerprint density at radius 3 is 2.67 bits per heavy atom. The highest BCUT2D eigenvalue weighted by atomic mass is 79.9. The Hall–Kier alpha value is -1.63. The second kappa shape index (κ2) is 5.29. The summed E-state index contributed by atoms with van der Waals surface area (Å²) in [6.07, 6.45) is 1.41. The molecule has 21 heavy (non-hydrogen) atoms. The van der Waals surface area contributed by atoms with Gasteiger partial charge in [0, 0.05) is 16.2 Å². The third-order valence-electron chi connectivity index (χ3n) is 2.88. The van der Waals surface area contributed by atoms with Crippen LogP contribution in [0, 0.1) is 0 Å². The molecule has 3 aromatic rings. The molecule has 0 aliphatic carbocycles. The highest BCUT2D eigenvalue weighted by Gasteiger charge is 2.16. The highest BCUT2D eigenvalue weighted by molar-refractivity contribution is 9.10. The molecule has 5 nitrogen and oxygen atoms in total. The van der Waals surface area contributed by atoms with Crippen LogP contribution in [-0.2, 0) is 0 Å². The summed E-state index contributed by atoms with van der Waals surface area (Å²) < 4.78 is 2.33. The van der Waals surface area contributed by atoms with Gasteiger partial charge in [0.05, 0.1) is 15.6 Å². The van der Waals surface area contributed by atoms with Crippen LogP contribution in [0.15, 0.2) is 34.9 Å². The van der Waals surface area contributed by atoms with E-state index >= 15 is 0 Å². The van der Waals surface area contributed by atoms with E-state index in [1.165, 1.54) is 16.7 Å². The maximum absolute atomic E-state index is 11.1. The van der Waals surface area contributed by atoms with Crippen LogP contribution >= 0.6 is 39.1 Å². The van der Waals surface area contributed by atoms with E-state index < -0.39 is 5.97 Å². The quantitative estimate of drug-likeness (QED) is 0.717. The number of halogens is 3. The van der Waals surface area contributed by atoms with E-state index in [9.17, 15) is 4.79 Å². The zero-order valence-electron chi connectivity index (χ0n) is 10.2. The van der Waals surface area contributed by atoms with Crippen molar-refractivity contribution in [1.82, 2.24) is 14.6 Å². The molecule has 0 radical (unpaired) electrons. The van der Waals surface area contributed by atoms with Gasteiger partial charge in [0.25, 0.3) is 0 Å². The van der Waals surface area contributed by atoms with Gasteiger partial charge in [-0.2, -0.15) is 0 Å². The molecule has 0 atom stereocenters. The normalized spacial score (nSPS) is 11.0. The van der Waals surface area contributed by atoms with Crippen LogP contribution < -0.4 is 0 Å². The fourth-order valence-corrected chi connectivity index (χ4v) is 2.73. The number of hydrogen-bond acceptors (Lipinski definition) is 3. The lowest BCUT2D eigenvalue weighted by Gasteiger charge is -2.05. The lowest BCUT2D eigenvalue weighted by atomic mass is 10.2. The van der Waals surface area contributed by atoms with Crippen LogP contribution in [-0.4, -0.2) is 25.7 Å². The van der Waals surface area contributed by atoms with Crippen molar-refractivity contribution in [2.75, 3.05) is 0 Å². The van der Waals surface area contributed by atoms with Crippen molar-refractivity contribution < 1.29 is 9.90 Å². The summed E-state index contributed by atoms with van der Waals surface area (Å²) in [5, 5.41) is 17.8. The Labute approximate surface area is 137 Å². The first-order valence-corrected chi connectivity index (χ1v) is 7.25. The van der Waals surface area contributed by atoms with E-state index in [2.05, 4.69) is 26.1 Å². The topological polar surface area (TPSA) is 67.5 Å². The van der Waals surface area contributed by atoms with Gasteiger partial charge in [0.2, 0.25) is 0 Å². The Morgan fingerprint density at radius 1 is 1.19 bits per heavy atom. The Morgan fingerprint density at radius 2 is 1.95 bits per heavy atom. The first kappa shape index (κ1) is 14.3. The second-order valence-electron chi connectivity index (χ2n) is 4.22. The summed E-state index contributed by atoms with van der Waals surface area (Å²) in [5.74, 6) is -0.667. The van der Waals surface area contributed by atoms with Gasteiger partial charge in [-0.25, -0.2) is 4.79 Å². The summed E-state index contributed by atoms with van der Waals surface area (Å²) >= 11 is 15.6. The molecule has 1 aromatic carbocycles. The van der Waals surface area contributed by atoms with E-state index in [-0.39, 0.29) is 10.6 Å². The minimum absolute atomic E-state index is 0.0414. The number of aromatic nitrogens is 3. The van der Waals surface area contributed by atoms with Gasteiger partial charge < -0.3 is 5.11 Å². The smallest absolute Gasteiger partial charge is 0.337 e. The lowest BCUT2D eigenvalue weighted by Crippen LogP contribution is -2.00. The molecule has 1 N–H and O–H groups in total. The molecule has 0 bridgehead atoms. The van der Waals surface area contributed by atoms with E-state index in [0.29, 0.717) is 22.1 Å². The summed E-state index contributed by atoms with van der Waals surface area (Å²) in [4.78, 5) is 11.1.